The monoisotopic (exact) mass is 368 g/mol. The number of nitrogens with zero attached hydrogens (tertiary/aromatic N) is 1. The average molecular weight is 369 g/mol. The van der Waals surface area contributed by atoms with Crippen molar-refractivity contribution < 1.29 is 9.59 Å². The van der Waals surface area contributed by atoms with Crippen molar-refractivity contribution in [1.82, 2.24) is 10.2 Å². The van der Waals surface area contributed by atoms with Gasteiger partial charge in [-0.05, 0) is 36.6 Å². The number of halogens is 1. The lowest BCUT2D eigenvalue weighted by atomic mass is 9.97. The molecule has 4 nitrogen and oxygen atoms in total. The smallest absolute Gasteiger partial charge is 0.224 e. The Morgan fingerprint density at radius 3 is 2.92 bits per heavy atom. The zero-order valence-electron chi connectivity index (χ0n) is 14.1. The van der Waals surface area contributed by atoms with Crippen LogP contribution < -0.4 is 5.32 Å². The van der Waals surface area contributed by atoms with Crippen LogP contribution in [0.4, 0.5) is 0 Å². The number of hydrogen-bond donors (Lipinski definition) is 1. The van der Waals surface area contributed by atoms with Crippen LogP contribution in [0, 0.1) is 5.92 Å². The molecule has 1 fully saturated rings. The second-order valence-corrected chi connectivity index (χ2v) is 7.61. The number of likely N-dealkylation sites (tertiary alicyclic amines) is 1. The first kappa shape index (κ1) is 19.1. The molecule has 0 spiro atoms. The third-order valence-electron chi connectivity index (χ3n) is 4.22. The van der Waals surface area contributed by atoms with Gasteiger partial charge in [-0.2, -0.15) is 11.8 Å². The number of nitrogens with one attached hydrogen (secondary N) is 1. The van der Waals surface area contributed by atoms with E-state index < -0.39 is 0 Å². The number of carbonyl (C=O) groups excluding carboxylic acids is 2. The first-order valence-electron chi connectivity index (χ1n) is 8.42. The first-order chi connectivity index (χ1) is 11.6. The normalized spacial score (nSPS) is 17.6. The third kappa shape index (κ3) is 6.02. The zero-order chi connectivity index (χ0) is 17.4. The summed E-state index contributed by atoms with van der Waals surface area (Å²) < 4.78 is 0. The summed E-state index contributed by atoms with van der Waals surface area (Å²) in [4.78, 5) is 25.4. The quantitative estimate of drug-likeness (QED) is 0.751. The molecule has 1 aliphatic heterocycles. The van der Waals surface area contributed by atoms with Crippen LogP contribution in [-0.4, -0.2) is 42.1 Å². The highest BCUT2D eigenvalue weighted by atomic mass is 35.5. The molecule has 0 bridgehead atoms. The molecule has 1 heterocycles. The molecular weight excluding hydrogens is 344 g/mol. The molecular formula is C18H25ClN2O2S. The molecule has 6 heteroatoms. The molecule has 132 valence electrons. The Hall–Kier alpha value is -1.20. The Morgan fingerprint density at radius 1 is 1.38 bits per heavy atom. The molecule has 2 amide bonds. The molecule has 0 aromatic heterocycles. The highest BCUT2D eigenvalue weighted by Crippen LogP contribution is 2.21. The van der Waals surface area contributed by atoms with Crippen LogP contribution in [-0.2, 0) is 15.3 Å². The fraction of sp³-hybridized carbons (Fsp3) is 0.556. The van der Waals surface area contributed by atoms with Gasteiger partial charge in [-0.25, -0.2) is 0 Å². The van der Waals surface area contributed by atoms with E-state index in [2.05, 4.69) is 5.32 Å². The standard InChI is InChI=1S/C18H25ClN2O2S/c1-14(22)21-10-4-7-15(12-21)18(23)20-9-5-11-24-13-16-6-2-3-8-17(16)19/h2-3,6,8,15H,4-5,7,9-13H2,1H3,(H,20,23)/t15-/m1/s1. The predicted molar refractivity (Wildman–Crippen MR) is 100 cm³/mol. The summed E-state index contributed by atoms with van der Waals surface area (Å²) in [5, 5.41) is 3.82. The molecule has 1 aliphatic rings. The van der Waals surface area contributed by atoms with E-state index in [4.69, 9.17) is 11.6 Å². The lowest BCUT2D eigenvalue weighted by Gasteiger charge is -2.31. The van der Waals surface area contributed by atoms with Crippen LogP contribution in [0.25, 0.3) is 0 Å². The minimum absolute atomic E-state index is 0.0570. The maximum Gasteiger partial charge on any atom is 0.224 e. The van der Waals surface area contributed by atoms with Gasteiger partial charge in [0.05, 0.1) is 5.92 Å². The molecule has 1 N–H and O–H groups in total. The average Bonchev–Trinajstić information content (AvgIpc) is 2.59. The van der Waals surface area contributed by atoms with Crippen molar-refractivity contribution in [1.29, 1.82) is 0 Å². The van der Waals surface area contributed by atoms with E-state index in [-0.39, 0.29) is 17.7 Å². The largest absolute Gasteiger partial charge is 0.356 e. The van der Waals surface area contributed by atoms with E-state index >= 15 is 0 Å². The maximum absolute atomic E-state index is 12.2. The Kier molecular flexibility index (Phi) is 7.92. The SMILES string of the molecule is CC(=O)N1CCC[C@@H](C(=O)NCCCSCc2ccccc2Cl)C1. The van der Waals surface area contributed by atoms with Crippen LogP contribution in [0.2, 0.25) is 5.02 Å². The number of hydrogen-bond acceptors (Lipinski definition) is 3. The minimum atomic E-state index is -0.0570. The minimum Gasteiger partial charge on any atom is -0.356 e. The van der Waals surface area contributed by atoms with Crippen molar-refractivity contribution in [2.45, 2.75) is 31.9 Å². The molecule has 0 aliphatic carbocycles. The molecule has 0 radical (unpaired) electrons. The Labute approximate surface area is 153 Å². The highest BCUT2D eigenvalue weighted by Gasteiger charge is 2.26. The van der Waals surface area contributed by atoms with Crippen molar-refractivity contribution in [3.8, 4) is 0 Å². The summed E-state index contributed by atoms with van der Waals surface area (Å²) in [6.45, 7) is 3.58. The predicted octanol–water partition coefficient (Wildman–Crippen LogP) is 3.34. The molecule has 1 atom stereocenters. The van der Waals surface area contributed by atoms with Gasteiger partial charge in [0.1, 0.15) is 0 Å². The lowest BCUT2D eigenvalue weighted by molar-refractivity contribution is -0.133. The summed E-state index contributed by atoms with van der Waals surface area (Å²) in [6.07, 6.45) is 2.71. The van der Waals surface area contributed by atoms with E-state index in [0.717, 1.165) is 47.9 Å². The van der Waals surface area contributed by atoms with Crippen molar-refractivity contribution in [2.75, 3.05) is 25.4 Å². The molecule has 0 saturated carbocycles. The summed E-state index contributed by atoms with van der Waals surface area (Å²) in [5.74, 6) is 1.96. The number of thioether (sulfide) groups is 1. The Bertz CT molecular complexity index is 568. The Balaban J connectivity index is 1.59. The first-order valence-corrected chi connectivity index (χ1v) is 9.95. The zero-order valence-corrected chi connectivity index (χ0v) is 15.7. The van der Waals surface area contributed by atoms with Gasteiger partial charge in [-0.15, -0.1) is 0 Å². The topological polar surface area (TPSA) is 49.4 Å². The van der Waals surface area contributed by atoms with Gasteiger partial charge < -0.3 is 10.2 Å². The summed E-state index contributed by atoms with van der Waals surface area (Å²) >= 11 is 7.95. The molecule has 0 unspecified atom stereocenters. The summed E-state index contributed by atoms with van der Waals surface area (Å²) in [7, 11) is 0. The number of rotatable bonds is 7. The van der Waals surface area contributed by atoms with Crippen LogP contribution >= 0.6 is 23.4 Å². The second kappa shape index (κ2) is 9.94. The van der Waals surface area contributed by atoms with Gasteiger partial charge >= 0.3 is 0 Å². The molecule has 1 aromatic rings. The van der Waals surface area contributed by atoms with Gasteiger partial charge in [-0.3, -0.25) is 9.59 Å². The maximum atomic E-state index is 12.2. The van der Waals surface area contributed by atoms with Gasteiger partial charge in [0, 0.05) is 37.3 Å². The summed E-state index contributed by atoms with van der Waals surface area (Å²) in [5.41, 5.74) is 1.15. The van der Waals surface area contributed by atoms with Gasteiger partial charge in [0.15, 0.2) is 0 Å². The number of amides is 2. The van der Waals surface area contributed by atoms with Crippen molar-refractivity contribution in [2.24, 2.45) is 5.92 Å². The highest BCUT2D eigenvalue weighted by molar-refractivity contribution is 7.98. The fourth-order valence-corrected chi connectivity index (χ4v) is 4.05. The van der Waals surface area contributed by atoms with Crippen LogP contribution in [0.5, 0.6) is 0 Å². The lowest BCUT2D eigenvalue weighted by Crippen LogP contribution is -2.44. The van der Waals surface area contributed by atoms with Crippen molar-refractivity contribution in [3.63, 3.8) is 0 Å². The van der Waals surface area contributed by atoms with Gasteiger partial charge in [-0.1, -0.05) is 29.8 Å². The third-order valence-corrected chi connectivity index (χ3v) is 5.68. The van der Waals surface area contributed by atoms with Gasteiger partial charge in [0.2, 0.25) is 11.8 Å². The van der Waals surface area contributed by atoms with Crippen LogP contribution in [0.15, 0.2) is 24.3 Å². The number of carbonyl (C=O) groups is 2. The second-order valence-electron chi connectivity index (χ2n) is 6.09. The van der Waals surface area contributed by atoms with E-state index in [0.29, 0.717) is 13.1 Å². The van der Waals surface area contributed by atoms with E-state index in [1.54, 1.807) is 11.8 Å². The van der Waals surface area contributed by atoms with E-state index in [1.807, 2.05) is 36.0 Å². The molecule has 2 rings (SSSR count). The van der Waals surface area contributed by atoms with Crippen LogP contribution in [0.1, 0.15) is 31.7 Å². The van der Waals surface area contributed by atoms with Crippen molar-refractivity contribution >= 4 is 35.2 Å². The van der Waals surface area contributed by atoms with Crippen molar-refractivity contribution in [3.05, 3.63) is 34.9 Å². The van der Waals surface area contributed by atoms with Gasteiger partial charge in [0.25, 0.3) is 0 Å². The fourth-order valence-electron chi connectivity index (χ4n) is 2.80. The Morgan fingerprint density at radius 2 is 2.17 bits per heavy atom. The summed E-state index contributed by atoms with van der Waals surface area (Å²) in [6, 6.07) is 7.88. The molecule has 24 heavy (non-hydrogen) atoms. The van der Waals surface area contributed by atoms with Crippen LogP contribution in [0.3, 0.4) is 0 Å². The number of piperidine rings is 1. The number of benzene rings is 1. The van der Waals surface area contributed by atoms with E-state index in [1.165, 1.54) is 0 Å². The molecule has 1 aromatic carbocycles. The van der Waals surface area contributed by atoms with E-state index in [9.17, 15) is 9.59 Å². The molecule has 1 saturated heterocycles.